The lowest BCUT2D eigenvalue weighted by atomic mass is 9.99. The minimum absolute atomic E-state index is 0.123. The lowest BCUT2D eigenvalue weighted by Gasteiger charge is -2.39. The van der Waals surface area contributed by atoms with Crippen molar-refractivity contribution in [1.82, 2.24) is 0 Å². The van der Waals surface area contributed by atoms with Crippen LogP contribution < -0.4 is 0 Å². The largest absolute Gasteiger partial charge is 0.457 e. The van der Waals surface area contributed by atoms with Gasteiger partial charge in [-0.05, 0) is 70.6 Å². The Morgan fingerprint density at radius 2 is 1.09 bits per heavy atom. The fourth-order valence-electron chi connectivity index (χ4n) is 6.44. The summed E-state index contributed by atoms with van der Waals surface area (Å²) < 4.78 is 22.7. The molecule has 1 rings (SSSR count). The molecule has 0 spiro atoms. The van der Waals surface area contributed by atoms with Crippen molar-refractivity contribution >= 4 is 5.97 Å². The molecule has 0 aliphatic carbocycles. The smallest absolute Gasteiger partial charge is 0.306 e. The van der Waals surface area contributed by atoms with E-state index in [1.165, 1.54) is 77.0 Å². The number of aliphatic hydroxyl groups excluding tert-OH is 4. The molecule has 1 saturated heterocycles. The van der Waals surface area contributed by atoms with E-state index >= 15 is 0 Å². The summed E-state index contributed by atoms with van der Waals surface area (Å²) in [7, 11) is 0. The second-order valence-corrected chi connectivity index (χ2v) is 15.1. The lowest BCUT2D eigenvalue weighted by Crippen LogP contribution is -2.59. The number of aliphatic hydroxyl groups is 4. The van der Waals surface area contributed by atoms with Crippen molar-refractivity contribution in [2.75, 3.05) is 26.4 Å². The van der Waals surface area contributed by atoms with Gasteiger partial charge < -0.3 is 39.4 Å². The van der Waals surface area contributed by atoms with E-state index in [2.05, 4.69) is 62.5 Å². The van der Waals surface area contributed by atoms with Crippen molar-refractivity contribution in [2.24, 2.45) is 0 Å². The maximum absolute atomic E-state index is 12.8. The van der Waals surface area contributed by atoms with Crippen LogP contribution in [0.2, 0.25) is 0 Å². The van der Waals surface area contributed by atoms with Crippen molar-refractivity contribution < 1.29 is 44.2 Å². The molecule has 6 atom stereocenters. The van der Waals surface area contributed by atoms with E-state index in [1.54, 1.807) is 0 Å². The molecule has 0 aromatic rings. The molecule has 0 aromatic heterocycles. The molecule has 1 aliphatic rings. The first-order valence-corrected chi connectivity index (χ1v) is 22.2. The topological polar surface area (TPSA) is 135 Å². The van der Waals surface area contributed by atoms with Crippen molar-refractivity contribution in [3.05, 3.63) is 48.6 Å². The highest BCUT2D eigenvalue weighted by molar-refractivity contribution is 5.69. The van der Waals surface area contributed by atoms with E-state index < -0.39 is 43.4 Å². The van der Waals surface area contributed by atoms with Crippen molar-refractivity contribution in [1.29, 1.82) is 0 Å². The fraction of sp³-hybridized carbons (Fsp3) is 0.804. The summed E-state index contributed by atoms with van der Waals surface area (Å²) in [6, 6.07) is 0. The third-order valence-corrected chi connectivity index (χ3v) is 9.95. The number of carbonyl (C=O) groups is 1. The molecular formula is C46H82O9. The highest BCUT2D eigenvalue weighted by Gasteiger charge is 2.44. The van der Waals surface area contributed by atoms with Crippen LogP contribution in [0.1, 0.15) is 174 Å². The summed E-state index contributed by atoms with van der Waals surface area (Å²) in [5.74, 6) is -0.330. The van der Waals surface area contributed by atoms with E-state index in [4.69, 9.17) is 18.9 Å². The lowest BCUT2D eigenvalue weighted by molar-refractivity contribution is -0.305. The van der Waals surface area contributed by atoms with Gasteiger partial charge in [0.2, 0.25) is 0 Å². The third kappa shape index (κ3) is 29.1. The minimum Gasteiger partial charge on any atom is -0.457 e. The van der Waals surface area contributed by atoms with Crippen molar-refractivity contribution in [3.63, 3.8) is 0 Å². The van der Waals surface area contributed by atoms with Crippen LogP contribution >= 0.6 is 0 Å². The molecule has 0 aromatic carbocycles. The maximum Gasteiger partial charge on any atom is 0.306 e. The number of allylic oxidation sites excluding steroid dienone is 8. The number of hydrogen-bond donors (Lipinski definition) is 4. The number of unbranched alkanes of at least 4 members (excludes halogenated alkanes) is 18. The predicted molar refractivity (Wildman–Crippen MR) is 224 cm³/mol. The van der Waals surface area contributed by atoms with E-state index in [9.17, 15) is 25.2 Å². The summed E-state index contributed by atoms with van der Waals surface area (Å²) in [4.78, 5) is 12.8. The molecule has 1 aliphatic heterocycles. The first kappa shape index (κ1) is 51.2. The molecule has 320 valence electrons. The Labute approximate surface area is 335 Å². The summed E-state index contributed by atoms with van der Waals surface area (Å²) in [6.45, 7) is 4.45. The van der Waals surface area contributed by atoms with Gasteiger partial charge in [0.15, 0.2) is 6.29 Å². The summed E-state index contributed by atoms with van der Waals surface area (Å²) >= 11 is 0. The van der Waals surface area contributed by atoms with Gasteiger partial charge in [-0.3, -0.25) is 4.79 Å². The van der Waals surface area contributed by atoms with Gasteiger partial charge in [-0.2, -0.15) is 0 Å². The summed E-state index contributed by atoms with van der Waals surface area (Å²) in [5, 5.41) is 40.0. The molecule has 55 heavy (non-hydrogen) atoms. The molecule has 6 unspecified atom stereocenters. The predicted octanol–water partition coefficient (Wildman–Crippen LogP) is 9.75. The number of ether oxygens (including phenoxy) is 4. The van der Waals surface area contributed by atoms with Crippen LogP contribution in [0.4, 0.5) is 0 Å². The zero-order chi connectivity index (χ0) is 40.0. The van der Waals surface area contributed by atoms with Crippen molar-refractivity contribution in [3.8, 4) is 0 Å². The normalized spacial score (nSPS) is 21.2. The number of carbonyl (C=O) groups excluding carboxylic acids is 1. The fourth-order valence-corrected chi connectivity index (χ4v) is 6.44. The van der Waals surface area contributed by atoms with Crippen LogP contribution in [-0.2, 0) is 23.7 Å². The van der Waals surface area contributed by atoms with Gasteiger partial charge in [-0.1, -0.05) is 146 Å². The molecule has 0 radical (unpaired) electrons. The Morgan fingerprint density at radius 3 is 1.67 bits per heavy atom. The second kappa shape index (κ2) is 37.7. The zero-order valence-corrected chi connectivity index (χ0v) is 34.9. The van der Waals surface area contributed by atoms with Crippen molar-refractivity contribution in [2.45, 2.75) is 211 Å². The number of rotatable bonds is 37. The minimum atomic E-state index is -1.54. The molecule has 4 N–H and O–H groups in total. The maximum atomic E-state index is 12.8. The van der Waals surface area contributed by atoms with E-state index in [1.807, 2.05) is 0 Å². The number of esters is 1. The molecule has 1 heterocycles. The molecule has 0 amide bonds. The molecule has 0 bridgehead atoms. The van der Waals surface area contributed by atoms with Gasteiger partial charge in [0.1, 0.15) is 30.5 Å². The highest BCUT2D eigenvalue weighted by atomic mass is 16.7. The molecular weight excluding hydrogens is 696 g/mol. The van der Waals surface area contributed by atoms with Gasteiger partial charge in [-0.25, -0.2) is 0 Å². The summed E-state index contributed by atoms with van der Waals surface area (Å²) in [5.41, 5.74) is 0. The Kier molecular flexibility index (Phi) is 35.1. The molecule has 9 nitrogen and oxygen atoms in total. The third-order valence-electron chi connectivity index (χ3n) is 9.95. The van der Waals surface area contributed by atoms with Crippen LogP contribution in [0.5, 0.6) is 0 Å². The van der Waals surface area contributed by atoms with E-state index in [0.717, 1.165) is 77.0 Å². The van der Waals surface area contributed by atoms with E-state index in [-0.39, 0.29) is 19.2 Å². The van der Waals surface area contributed by atoms with Crippen LogP contribution in [0, 0.1) is 0 Å². The Morgan fingerprint density at radius 1 is 0.582 bits per heavy atom. The van der Waals surface area contributed by atoms with Gasteiger partial charge in [0.25, 0.3) is 0 Å². The SMILES string of the molecule is CCC/C=C\CCCCCCCCOCC(COC1OC(CO)C(O)C(O)C1O)OC(=O)CCCCCCCC/C=C\C/C=C\C/C=C\CCCCCCC. The van der Waals surface area contributed by atoms with Gasteiger partial charge in [0, 0.05) is 13.0 Å². The first-order chi connectivity index (χ1) is 26.9. The number of hydrogen-bond acceptors (Lipinski definition) is 9. The zero-order valence-electron chi connectivity index (χ0n) is 34.9. The summed E-state index contributed by atoms with van der Waals surface area (Å²) in [6.07, 6.45) is 38.5. The Hall–Kier alpha value is -1.85. The molecule has 1 fully saturated rings. The Balaban J connectivity index is 2.26. The monoisotopic (exact) mass is 779 g/mol. The quantitative estimate of drug-likeness (QED) is 0.0276. The molecule has 9 heteroatoms. The average Bonchev–Trinajstić information content (AvgIpc) is 3.18. The van der Waals surface area contributed by atoms with Crippen LogP contribution in [-0.4, -0.2) is 89.6 Å². The van der Waals surface area contributed by atoms with E-state index in [0.29, 0.717) is 13.0 Å². The second-order valence-electron chi connectivity index (χ2n) is 15.1. The van der Waals surface area contributed by atoms with Gasteiger partial charge in [-0.15, -0.1) is 0 Å². The molecule has 0 saturated carbocycles. The Bertz CT molecular complexity index is 978. The first-order valence-electron chi connectivity index (χ1n) is 22.2. The van der Waals surface area contributed by atoms with Crippen LogP contribution in [0.3, 0.4) is 0 Å². The van der Waals surface area contributed by atoms with Gasteiger partial charge in [0.05, 0.1) is 19.8 Å². The van der Waals surface area contributed by atoms with Crippen LogP contribution in [0.15, 0.2) is 48.6 Å². The highest BCUT2D eigenvalue weighted by Crippen LogP contribution is 2.22. The average molecular weight is 779 g/mol. The standard InChI is InChI=1S/C46H82O9/c1-3-5-7-9-11-13-15-16-17-18-19-20-21-22-23-24-25-27-29-31-33-35-42(48)54-40(39-53-46-45(51)44(50)43(49)41(37-47)55-46)38-52-36-34-32-30-28-26-14-12-10-8-6-4-2/h8,10,15-16,18-19,21-22,40-41,43-47,49-51H,3-7,9,11-14,17,20,23-39H2,1-2H3/b10-8-,16-15-,19-18-,22-21-. The van der Waals surface area contributed by atoms with Gasteiger partial charge >= 0.3 is 5.97 Å². The van der Waals surface area contributed by atoms with Crippen LogP contribution in [0.25, 0.3) is 0 Å².